The molecule has 1 atom stereocenters. The first-order chi connectivity index (χ1) is 36.0. The molecule has 0 saturated heterocycles. The third-order valence-electron chi connectivity index (χ3n) is 11.5. The minimum atomic E-state index is -0.843. The average Bonchev–Trinajstić information content (AvgIpc) is 3.39. The highest BCUT2D eigenvalue weighted by Crippen LogP contribution is 2.13. The molecule has 0 heterocycles. The topological polar surface area (TPSA) is 78.9 Å². The Bertz CT molecular complexity index is 1670. The standard InChI is InChI=1S/C67H104O6/c1-4-7-10-13-16-19-22-25-28-31-33-36-39-42-45-48-51-54-57-60-66(69)72-63-64(62-71-65(68)59-56-53-50-47-44-41-38-35-30-27-24-21-18-15-12-9-6-3)73-67(70)61-58-55-52-49-46-43-40-37-34-32-29-26-23-20-17-14-11-8-5-2/h7,9-10,12,16-21,25-30,33,36,38,41-42,45,47,50-51,54,64H,4-6,8,11,13-15,22-24,31-32,34-35,37,39-40,43-44,46,48-49,52-53,55-63H2,1-3H3/b10-7-,12-9-,19-16-,20-17-,21-18-,28-25-,29-26-,30-27-,36-33-,41-38-,45-42-,50-47-,54-51-/t64-/m0/s1. The first kappa shape index (κ1) is 68.0. The van der Waals surface area contributed by atoms with E-state index in [1.54, 1.807) is 0 Å². The van der Waals surface area contributed by atoms with Gasteiger partial charge in [-0.05, 0) is 128 Å². The number of hydrogen-bond acceptors (Lipinski definition) is 6. The lowest BCUT2D eigenvalue weighted by atomic mass is 10.1. The van der Waals surface area contributed by atoms with Gasteiger partial charge in [-0.1, -0.05) is 237 Å². The zero-order valence-corrected chi connectivity index (χ0v) is 46.6. The van der Waals surface area contributed by atoms with Crippen LogP contribution in [-0.2, 0) is 28.6 Å². The fourth-order valence-electron chi connectivity index (χ4n) is 7.24. The Balaban J connectivity index is 4.61. The van der Waals surface area contributed by atoms with E-state index < -0.39 is 6.10 Å². The molecule has 0 aromatic heterocycles. The van der Waals surface area contributed by atoms with Crippen molar-refractivity contribution in [3.63, 3.8) is 0 Å². The lowest BCUT2D eigenvalue weighted by molar-refractivity contribution is -0.166. The highest BCUT2D eigenvalue weighted by Gasteiger charge is 2.19. The zero-order valence-electron chi connectivity index (χ0n) is 46.6. The van der Waals surface area contributed by atoms with Gasteiger partial charge in [-0.2, -0.15) is 0 Å². The molecule has 0 bridgehead atoms. The van der Waals surface area contributed by atoms with Crippen LogP contribution in [0.4, 0.5) is 0 Å². The van der Waals surface area contributed by atoms with Gasteiger partial charge in [0, 0.05) is 19.3 Å². The van der Waals surface area contributed by atoms with Crippen LogP contribution in [0.2, 0.25) is 0 Å². The number of carbonyl (C=O) groups is 3. The Morgan fingerprint density at radius 1 is 0.288 bits per heavy atom. The third kappa shape index (κ3) is 57.8. The highest BCUT2D eigenvalue weighted by molar-refractivity contribution is 5.71. The van der Waals surface area contributed by atoms with Crippen LogP contribution >= 0.6 is 0 Å². The van der Waals surface area contributed by atoms with Gasteiger partial charge in [0.2, 0.25) is 0 Å². The zero-order chi connectivity index (χ0) is 52.9. The molecule has 0 unspecified atom stereocenters. The molecule has 0 aromatic carbocycles. The van der Waals surface area contributed by atoms with Crippen LogP contribution in [0.1, 0.15) is 226 Å². The Kier molecular flexibility index (Phi) is 55.5. The predicted molar refractivity (Wildman–Crippen MR) is 315 cm³/mol. The third-order valence-corrected chi connectivity index (χ3v) is 11.5. The van der Waals surface area contributed by atoms with E-state index in [4.69, 9.17) is 14.2 Å². The normalized spacial score (nSPS) is 13.3. The largest absolute Gasteiger partial charge is 0.462 e. The van der Waals surface area contributed by atoms with Gasteiger partial charge in [-0.25, -0.2) is 0 Å². The van der Waals surface area contributed by atoms with Gasteiger partial charge in [0.05, 0.1) is 0 Å². The summed E-state index contributed by atoms with van der Waals surface area (Å²) in [5, 5.41) is 0. The van der Waals surface area contributed by atoms with Gasteiger partial charge in [-0.3, -0.25) is 14.4 Å². The quantitative estimate of drug-likeness (QED) is 0.0261. The van der Waals surface area contributed by atoms with Crippen molar-refractivity contribution < 1.29 is 28.6 Å². The first-order valence-electron chi connectivity index (χ1n) is 29.0. The summed E-state index contributed by atoms with van der Waals surface area (Å²) < 4.78 is 16.7. The van der Waals surface area contributed by atoms with Crippen LogP contribution in [0.25, 0.3) is 0 Å². The Labute approximate surface area is 448 Å². The van der Waals surface area contributed by atoms with E-state index in [0.29, 0.717) is 12.8 Å². The molecule has 0 aliphatic rings. The van der Waals surface area contributed by atoms with Crippen LogP contribution < -0.4 is 0 Å². The van der Waals surface area contributed by atoms with E-state index >= 15 is 0 Å². The SMILES string of the molecule is CC/C=C\C/C=C\C/C=C\C/C=C\C/C=C\C/C=C\CCC(=O)OC[C@H](COC(=O)CCC/C=C\C/C=C\C/C=C\C/C=C\C/C=C\CC)OC(=O)CCCCCCCCCCC/C=C\C/C=C\CCCCC. The summed E-state index contributed by atoms with van der Waals surface area (Å²) in [6, 6.07) is 0. The van der Waals surface area contributed by atoms with E-state index in [9.17, 15) is 14.4 Å². The molecule has 0 aliphatic heterocycles. The second-order valence-corrected chi connectivity index (χ2v) is 18.4. The van der Waals surface area contributed by atoms with Crippen molar-refractivity contribution in [1.29, 1.82) is 0 Å². The fourth-order valence-corrected chi connectivity index (χ4v) is 7.24. The van der Waals surface area contributed by atoms with Crippen molar-refractivity contribution in [3.8, 4) is 0 Å². The molecular formula is C67H104O6. The summed E-state index contributed by atoms with van der Waals surface area (Å²) in [5.41, 5.74) is 0. The van der Waals surface area contributed by atoms with Crippen molar-refractivity contribution in [1.82, 2.24) is 0 Å². The van der Waals surface area contributed by atoms with E-state index in [1.165, 1.54) is 70.6 Å². The summed E-state index contributed by atoms with van der Waals surface area (Å²) in [5.74, 6) is -1.09. The minimum Gasteiger partial charge on any atom is -0.462 e. The molecule has 0 spiro atoms. The van der Waals surface area contributed by atoms with Gasteiger partial charge in [0.25, 0.3) is 0 Å². The predicted octanol–water partition coefficient (Wildman–Crippen LogP) is 19.8. The molecule has 0 fully saturated rings. The number of esters is 3. The molecule has 0 N–H and O–H groups in total. The number of allylic oxidation sites excluding steroid dienone is 26. The first-order valence-corrected chi connectivity index (χ1v) is 29.0. The summed E-state index contributed by atoms with van der Waals surface area (Å²) in [4.78, 5) is 38.2. The second kappa shape index (κ2) is 59.6. The highest BCUT2D eigenvalue weighted by atomic mass is 16.6. The molecule has 0 radical (unpaired) electrons. The summed E-state index contributed by atoms with van der Waals surface area (Å²) in [6.07, 6.45) is 86.8. The van der Waals surface area contributed by atoms with Crippen LogP contribution in [0, 0.1) is 0 Å². The summed E-state index contributed by atoms with van der Waals surface area (Å²) >= 11 is 0. The van der Waals surface area contributed by atoms with Crippen molar-refractivity contribution >= 4 is 17.9 Å². The van der Waals surface area contributed by atoms with Crippen molar-refractivity contribution in [2.75, 3.05) is 13.2 Å². The van der Waals surface area contributed by atoms with Gasteiger partial charge >= 0.3 is 17.9 Å². The number of carbonyl (C=O) groups excluding carboxylic acids is 3. The molecule has 0 aliphatic carbocycles. The second-order valence-electron chi connectivity index (χ2n) is 18.4. The van der Waals surface area contributed by atoms with Crippen molar-refractivity contribution in [2.24, 2.45) is 0 Å². The number of rotatable bonds is 50. The fraction of sp³-hybridized carbons (Fsp3) is 0.567. The van der Waals surface area contributed by atoms with Gasteiger partial charge in [0.1, 0.15) is 13.2 Å². The maximum atomic E-state index is 12.9. The van der Waals surface area contributed by atoms with Crippen molar-refractivity contribution in [2.45, 2.75) is 232 Å². The molecule has 0 saturated carbocycles. The number of hydrogen-bond donors (Lipinski definition) is 0. The van der Waals surface area contributed by atoms with Crippen LogP contribution in [0.15, 0.2) is 158 Å². The molecular weight excluding hydrogens is 901 g/mol. The molecule has 6 nitrogen and oxygen atoms in total. The van der Waals surface area contributed by atoms with Crippen LogP contribution in [0.3, 0.4) is 0 Å². The van der Waals surface area contributed by atoms with Gasteiger partial charge < -0.3 is 14.2 Å². The number of unbranched alkanes of at least 4 members (excludes halogenated alkanes) is 13. The monoisotopic (exact) mass is 1000 g/mol. The average molecular weight is 1010 g/mol. The summed E-state index contributed by atoms with van der Waals surface area (Å²) in [7, 11) is 0. The van der Waals surface area contributed by atoms with Crippen molar-refractivity contribution in [3.05, 3.63) is 158 Å². The smallest absolute Gasteiger partial charge is 0.306 e. The number of ether oxygens (including phenoxy) is 3. The van der Waals surface area contributed by atoms with Gasteiger partial charge in [-0.15, -0.1) is 0 Å². The van der Waals surface area contributed by atoms with Crippen LogP contribution in [-0.4, -0.2) is 37.2 Å². The maximum Gasteiger partial charge on any atom is 0.306 e. The van der Waals surface area contributed by atoms with E-state index in [-0.39, 0.29) is 50.4 Å². The Morgan fingerprint density at radius 2 is 0.575 bits per heavy atom. The van der Waals surface area contributed by atoms with E-state index in [2.05, 4.69) is 167 Å². The van der Waals surface area contributed by atoms with E-state index in [1.807, 2.05) is 12.2 Å². The van der Waals surface area contributed by atoms with Gasteiger partial charge in [0.15, 0.2) is 6.10 Å². The Morgan fingerprint density at radius 3 is 0.959 bits per heavy atom. The molecule has 6 heteroatoms. The van der Waals surface area contributed by atoms with Crippen LogP contribution in [0.5, 0.6) is 0 Å². The maximum absolute atomic E-state index is 12.9. The lowest BCUT2D eigenvalue weighted by Crippen LogP contribution is -2.30. The van der Waals surface area contributed by atoms with E-state index in [0.717, 1.165) is 103 Å². The minimum absolute atomic E-state index is 0.139. The molecule has 73 heavy (non-hydrogen) atoms. The molecule has 0 aromatic rings. The summed E-state index contributed by atoms with van der Waals surface area (Å²) in [6.45, 7) is 6.26. The lowest BCUT2D eigenvalue weighted by Gasteiger charge is -2.18. The Hall–Kier alpha value is -4.97. The molecule has 0 amide bonds. The molecule has 408 valence electrons. The molecule has 0 rings (SSSR count).